The summed E-state index contributed by atoms with van der Waals surface area (Å²) in [6, 6.07) is 27.9. The summed E-state index contributed by atoms with van der Waals surface area (Å²) in [4.78, 5) is 30.4. The molecule has 0 radical (unpaired) electrons. The highest BCUT2D eigenvalue weighted by Crippen LogP contribution is 2.40. The topological polar surface area (TPSA) is 63.0 Å². The first-order chi connectivity index (χ1) is 20.5. The van der Waals surface area contributed by atoms with Gasteiger partial charge in [-0.15, -0.1) is 0 Å². The number of nitrogens with zero attached hydrogens (tertiary/aromatic N) is 2. The molecular weight excluding hydrogens is 524 g/mol. The molecule has 6 rings (SSSR count). The van der Waals surface area contributed by atoms with Gasteiger partial charge in [0.2, 0.25) is 5.91 Å². The molecule has 0 bridgehead atoms. The van der Waals surface area contributed by atoms with Gasteiger partial charge in [-0.3, -0.25) is 9.59 Å². The Morgan fingerprint density at radius 2 is 1.76 bits per heavy atom. The number of fused-ring (bicyclic) bond motifs is 1. The molecule has 1 aromatic heterocycles. The number of rotatable bonds is 8. The maximum absolute atomic E-state index is 13.7. The average Bonchev–Trinajstić information content (AvgIpc) is 3.72. The largest absolute Gasteiger partial charge is 0.486 e. The van der Waals surface area contributed by atoms with Gasteiger partial charge < -0.3 is 19.0 Å². The third kappa shape index (κ3) is 5.98. The number of hydrogen-bond donors (Lipinski definition) is 0. The predicted octanol–water partition coefficient (Wildman–Crippen LogP) is 7.10. The van der Waals surface area contributed by atoms with E-state index in [2.05, 4.69) is 48.2 Å². The van der Waals surface area contributed by atoms with E-state index in [1.807, 2.05) is 36.4 Å². The molecule has 0 spiro atoms. The van der Waals surface area contributed by atoms with Gasteiger partial charge in [-0.05, 0) is 72.7 Å². The summed E-state index contributed by atoms with van der Waals surface area (Å²) in [5.74, 6) is 1.82. The zero-order valence-electron chi connectivity index (χ0n) is 24.4. The first-order valence-corrected chi connectivity index (χ1v) is 15.0. The molecule has 0 N–H and O–H groups in total. The Morgan fingerprint density at radius 3 is 2.55 bits per heavy atom. The Hall–Kier alpha value is -4.32. The number of hydrogen-bond acceptors (Lipinski definition) is 4. The number of amides is 2. The minimum atomic E-state index is -0.174. The van der Waals surface area contributed by atoms with Crippen molar-refractivity contribution in [1.29, 1.82) is 0 Å². The number of carbonyl (C=O) groups excluding carboxylic acids is 2. The van der Waals surface area contributed by atoms with Crippen molar-refractivity contribution in [1.82, 2.24) is 9.80 Å². The van der Waals surface area contributed by atoms with Crippen molar-refractivity contribution in [3.05, 3.63) is 124 Å². The normalized spacial score (nSPS) is 16.7. The molecule has 1 aliphatic carbocycles. The second kappa shape index (κ2) is 12.3. The molecule has 4 aromatic rings. The molecule has 1 saturated carbocycles. The molecule has 1 atom stereocenters. The monoisotopic (exact) mass is 562 g/mol. The molecule has 2 aliphatic rings. The highest BCUT2D eigenvalue weighted by molar-refractivity contribution is 5.91. The third-order valence-electron chi connectivity index (χ3n) is 8.55. The SMILES string of the molecule is Cc1cccc([C@@H]2c3cc(OCc4ccc(C(=O)N(C)Cc5ccccc5)o4)ccc3CCN2C(=O)C2CCCC2)c1. The molecular formula is C36H38N2O4. The summed E-state index contributed by atoms with van der Waals surface area (Å²) < 4.78 is 12.1. The van der Waals surface area contributed by atoms with Crippen molar-refractivity contribution in [2.24, 2.45) is 5.92 Å². The van der Waals surface area contributed by atoms with Crippen LogP contribution in [0.15, 0.2) is 89.3 Å². The molecule has 6 heteroatoms. The fraction of sp³-hybridized carbons (Fsp3) is 0.333. The van der Waals surface area contributed by atoms with Crippen molar-refractivity contribution in [2.75, 3.05) is 13.6 Å². The molecule has 2 amide bonds. The standard InChI is InChI=1S/C36H38N2O4/c1-25-9-8-14-29(21-25)34-32-22-30(16-15-27(32)19-20-38(34)35(39)28-12-6-7-13-28)41-24-31-17-18-33(42-31)36(40)37(2)23-26-10-4-3-5-11-26/h3-5,8-11,14-18,21-22,28,34H,6-7,12-13,19-20,23-24H2,1-2H3/t34-/m1/s1. The lowest BCUT2D eigenvalue weighted by molar-refractivity contribution is -0.137. The fourth-order valence-corrected chi connectivity index (χ4v) is 6.37. The first-order valence-electron chi connectivity index (χ1n) is 15.0. The molecule has 6 nitrogen and oxygen atoms in total. The van der Waals surface area contributed by atoms with Crippen LogP contribution in [0.3, 0.4) is 0 Å². The van der Waals surface area contributed by atoms with Gasteiger partial charge in [-0.1, -0.05) is 79.1 Å². The number of furan rings is 1. The molecule has 3 aromatic carbocycles. The van der Waals surface area contributed by atoms with Crippen molar-refractivity contribution in [3.63, 3.8) is 0 Å². The van der Waals surface area contributed by atoms with Crippen molar-refractivity contribution < 1.29 is 18.7 Å². The Kier molecular flexibility index (Phi) is 8.13. The summed E-state index contributed by atoms with van der Waals surface area (Å²) >= 11 is 0. The van der Waals surface area contributed by atoms with Gasteiger partial charge in [-0.2, -0.15) is 0 Å². The number of ether oxygens (including phenoxy) is 1. The van der Waals surface area contributed by atoms with Crippen LogP contribution in [-0.4, -0.2) is 35.2 Å². The van der Waals surface area contributed by atoms with Gasteiger partial charge in [0.15, 0.2) is 5.76 Å². The van der Waals surface area contributed by atoms with Gasteiger partial charge in [0.05, 0.1) is 6.04 Å². The maximum Gasteiger partial charge on any atom is 0.289 e. The van der Waals surface area contributed by atoms with E-state index in [4.69, 9.17) is 9.15 Å². The van der Waals surface area contributed by atoms with E-state index < -0.39 is 0 Å². The van der Waals surface area contributed by atoms with Crippen LogP contribution in [0.1, 0.15) is 75.9 Å². The Morgan fingerprint density at radius 1 is 0.952 bits per heavy atom. The fourth-order valence-electron chi connectivity index (χ4n) is 6.37. The van der Waals surface area contributed by atoms with Gasteiger partial charge >= 0.3 is 0 Å². The second-order valence-electron chi connectivity index (χ2n) is 11.6. The molecule has 0 unspecified atom stereocenters. The first kappa shape index (κ1) is 27.8. The average molecular weight is 563 g/mol. The zero-order valence-corrected chi connectivity index (χ0v) is 24.4. The van der Waals surface area contributed by atoms with Crippen molar-refractivity contribution in [2.45, 2.75) is 58.2 Å². The molecule has 42 heavy (non-hydrogen) atoms. The van der Waals surface area contributed by atoms with Crippen LogP contribution in [0.25, 0.3) is 0 Å². The Balaban J connectivity index is 1.19. The third-order valence-corrected chi connectivity index (χ3v) is 8.55. The summed E-state index contributed by atoms with van der Waals surface area (Å²) in [5.41, 5.74) is 5.74. The lowest BCUT2D eigenvalue weighted by Gasteiger charge is -2.39. The summed E-state index contributed by atoms with van der Waals surface area (Å²) in [6.45, 7) is 3.53. The highest BCUT2D eigenvalue weighted by Gasteiger charge is 2.36. The van der Waals surface area contributed by atoms with Gasteiger partial charge in [0.1, 0.15) is 18.1 Å². The Labute approximate surface area is 247 Å². The summed E-state index contributed by atoms with van der Waals surface area (Å²) in [7, 11) is 1.77. The quantitative estimate of drug-likeness (QED) is 0.230. The molecule has 2 heterocycles. The van der Waals surface area contributed by atoms with E-state index in [1.54, 1.807) is 24.1 Å². The summed E-state index contributed by atoms with van der Waals surface area (Å²) in [5, 5.41) is 0. The minimum Gasteiger partial charge on any atom is -0.486 e. The van der Waals surface area contributed by atoms with Crippen molar-refractivity contribution in [3.8, 4) is 5.75 Å². The van der Waals surface area contributed by atoms with Crippen LogP contribution in [-0.2, 0) is 24.4 Å². The van der Waals surface area contributed by atoms with Gasteiger partial charge in [0, 0.05) is 26.1 Å². The molecule has 0 saturated heterocycles. The van der Waals surface area contributed by atoms with Gasteiger partial charge in [-0.25, -0.2) is 0 Å². The zero-order chi connectivity index (χ0) is 29.1. The number of benzene rings is 3. The second-order valence-corrected chi connectivity index (χ2v) is 11.6. The van der Waals surface area contributed by atoms with Crippen LogP contribution in [0.4, 0.5) is 0 Å². The van der Waals surface area contributed by atoms with E-state index in [0.29, 0.717) is 18.1 Å². The predicted molar refractivity (Wildman–Crippen MR) is 162 cm³/mol. The van der Waals surface area contributed by atoms with E-state index >= 15 is 0 Å². The van der Waals surface area contributed by atoms with E-state index in [0.717, 1.165) is 55.3 Å². The Bertz CT molecular complexity index is 1550. The number of carbonyl (C=O) groups is 2. The van der Waals surface area contributed by atoms with E-state index in [9.17, 15) is 9.59 Å². The van der Waals surface area contributed by atoms with Crippen LogP contribution in [0.2, 0.25) is 0 Å². The molecule has 1 fully saturated rings. The minimum absolute atomic E-state index is 0.126. The van der Waals surface area contributed by atoms with Crippen LogP contribution in [0, 0.1) is 12.8 Å². The summed E-state index contributed by atoms with van der Waals surface area (Å²) in [6.07, 6.45) is 5.08. The maximum atomic E-state index is 13.7. The highest BCUT2D eigenvalue weighted by atomic mass is 16.5. The van der Waals surface area contributed by atoms with Crippen LogP contribution >= 0.6 is 0 Å². The molecule has 216 valence electrons. The smallest absolute Gasteiger partial charge is 0.289 e. The number of aryl methyl sites for hydroxylation is 1. The lowest BCUT2D eigenvalue weighted by atomic mass is 9.86. The van der Waals surface area contributed by atoms with E-state index in [-0.39, 0.29) is 36.1 Å². The lowest BCUT2D eigenvalue weighted by Crippen LogP contribution is -2.43. The van der Waals surface area contributed by atoms with Crippen LogP contribution in [0.5, 0.6) is 5.75 Å². The van der Waals surface area contributed by atoms with Gasteiger partial charge in [0.25, 0.3) is 5.91 Å². The molecule has 1 aliphatic heterocycles. The van der Waals surface area contributed by atoms with Crippen LogP contribution < -0.4 is 4.74 Å². The van der Waals surface area contributed by atoms with Crippen molar-refractivity contribution >= 4 is 11.8 Å². The van der Waals surface area contributed by atoms with E-state index in [1.165, 1.54) is 11.1 Å².